The first-order valence-electron chi connectivity index (χ1n) is 13.5. The van der Waals surface area contributed by atoms with E-state index in [0.717, 1.165) is 36.2 Å². The molecule has 2 aromatic heterocycles. The van der Waals surface area contributed by atoms with Crippen molar-refractivity contribution in [3.63, 3.8) is 0 Å². The zero-order chi connectivity index (χ0) is 30.4. The van der Waals surface area contributed by atoms with E-state index >= 15 is 0 Å². The zero-order valence-corrected chi connectivity index (χ0v) is 25.3. The lowest BCUT2D eigenvalue weighted by molar-refractivity contribution is 0.102. The quantitative estimate of drug-likeness (QED) is 0.251. The Hall–Kier alpha value is -4.23. The number of aliphatic hydroxyl groups is 1. The van der Waals surface area contributed by atoms with Crippen LogP contribution in [0, 0.1) is 6.92 Å². The van der Waals surface area contributed by atoms with E-state index in [1.54, 1.807) is 28.9 Å². The highest BCUT2D eigenvalue weighted by Crippen LogP contribution is 2.41. The van der Waals surface area contributed by atoms with Crippen LogP contribution in [0.4, 0.5) is 11.4 Å². The molecule has 0 radical (unpaired) electrons. The SMILES string of the molecule is COc1c(NC(=O)c2ccc(C)c(-n3cc(-c4cnc(C5CC5)n4C)nn3)c2)cc(C(C)(C)CO)cc1NS(C)(=O)=O. The number of nitrogens with one attached hydrogen (secondary N) is 2. The van der Waals surface area contributed by atoms with Gasteiger partial charge >= 0.3 is 0 Å². The van der Waals surface area contributed by atoms with Crippen molar-refractivity contribution in [3.05, 3.63) is 65.2 Å². The Morgan fingerprint density at radius 2 is 1.90 bits per heavy atom. The van der Waals surface area contributed by atoms with Crippen LogP contribution >= 0.6 is 0 Å². The first kappa shape index (κ1) is 29.3. The van der Waals surface area contributed by atoms with Gasteiger partial charge in [0.25, 0.3) is 5.91 Å². The summed E-state index contributed by atoms with van der Waals surface area (Å²) in [6, 6.07) is 8.49. The number of hydrogen-bond acceptors (Lipinski definition) is 8. The maximum Gasteiger partial charge on any atom is 0.255 e. The third-order valence-corrected chi connectivity index (χ3v) is 8.04. The Morgan fingerprint density at radius 3 is 2.55 bits per heavy atom. The first-order chi connectivity index (χ1) is 19.8. The third-order valence-electron chi connectivity index (χ3n) is 7.45. The standard InChI is InChI=1S/C29H35N7O5S/c1-17-7-8-19(11-24(17)36-15-23(32-34-36)25-14-30-27(35(25)4)18-9-10-18)28(38)31-21-12-20(29(2,3)16-37)13-22(26(21)41-5)33-42(6,39)40/h7-8,11-15,18,33,37H,9-10,16H2,1-6H3,(H,31,38). The number of imidazole rings is 1. The van der Waals surface area contributed by atoms with Gasteiger partial charge in [-0.3, -0.25) is 9.52 Å². The van der Waals surface area contributed by atoms with Gasteiger partial charge < -0.3 is 19.7 Å². The topological polar surface area (TPSA) is 153 Å². The number of anilines is 2. The molecule has 12 nitrogen and oxygen atoms in total. The summed E-state index contributed by atoms with van der Waals surface area (Å²) in [6.07, 6.45) is 6.94. The average molecular weight is 594 g/mol. The summed E-state index contributed by atoms with van der Waals surface area (Å²) in [5.41, 5.74) is 3.71. The molecule has 1 saturated carbocycles. The van der Waals surface area contributed by atoms with Crippen LogP contribution in [0.1, 0.15) is 59.9 Å². The van der Waals surface area contributed by atoms with Gasteiger partial charge in [-0.2, -0.15) is 0 Å². The predicted octanol–water partition coefficient (Wildman–Crippen LogP) is 3.76. The molecule has 0 aliphatic heterocycles. The van der Waals surface area contributed by atoms with Crippen molar-refractivity contribution in [2.24, 2.45) is 7.05 Å². The normalized spacial score (nSPS) is 13.7. The Kier molecular flexibility index (Phi) is 7.58. The molecule has 42 heavy (non-hydrogen) atoms. The molecule has 5 rings (SSSR count). The second kappa shape index (κ2) is 10.9. The second-order valence-corrected chi connectivity index (χ2v) is 13.1. The molecular formula is C29H35N7O5S. The molecule has 0 unspecified atom stereocenters. The number of aromatic nitrogens is 5. The molecule has 0 bridgehead atoms. The number of methoxy groups -OCH3 is 1. The minimum absolute atomic E-state index is 0.140. The number of carbonyl (C=O) groups is 1. The van der Waals surface area contributed by atoms with E-state index in [0.29, 0.717) is 28.4 Å². The number of carbonyl (C=O) groups excluding carboxylic acids is 1. The molecule has 1 aliphatic carbocycles. The summed E-state index contributed by atoms with van der Waals surface area (Å²) in [7, 11) is -0.299. The third kappa shape index (κ3) is 5.88. The number of aliphatic hydroxyl groups excluding tert-OH is 1. The van der Waals surface area contributed by atoms with Crippen LogP contribution in [0.3, 0.4) is 0 Å². The van der Waals surface area contributed by atoms with E-state index in [1.165, 1.54) is 7.11 Å². The first-order valence-corrected chi connectivity index (χ1v) is 15.4. The summed E-state index contributed by atoms with van der Waals surface area (Å²) >= 11 is 0. The molecule has 1 amide bonds. The highest BCUT2D eigenvalue weighted by molar-refractivity contribution is 7.92. The Morgan fingerprint density at radius 1 is 1.19 bits per heavy atom. The number of rotatable bonds is 10. The van der Waals surface area contributed by atoms with E-state index in [9.17, 15) is 18.3 Å². The van der Waals surface area contributed by atoms with E-state index < -0.39 is 21.3 Å². The minimum Gasteiger partial charge on any atom is -0.492 e. The van der Waals surface area contributed by atoms with Gasteiger partial charge in [0.05, 0.1) is 55.1 Å². The fraction of sp³-hybridized carbons (Fsp3) is 0.379. The molecule has 0 saturated heterocycles. The number of aryl methyl sites for hydroxylation is 1. The van der Waals surface area contributed by atoms with Crippen molar-refractivity contribution in [3.8, 4) is 22.8 Å². The van der Waals surface area contributed by atoms with Crippen molar-refractivity contribution in [2.75, 3.05) is 30.0 Å². The molecule has 0 spiro atoms. The Bertz CT molecular complexity index is 1770. The van der Waals surface area contributed by atoms with Crippen LogP contribution in [0.2, 0.25) is 0 Å². The van der Waals surface area contributed by atoms with E-state index in [4.69, 9.17) is 4.74 Å². The van der Waals surface area contributed by atoms with Gasteiger partial charge in [-0.1, -0.05) is 25.1 Å². The Labute approximate surface area is 244 Å². The summed E-state index contributed by atoms with van der Waals surface area (Å²) < 4.78 is 35.8. The van der Waals surface area contributed by atoms with E-state index in [2.05, 4.69) is 29.9 Å². The minimum atomic E-state index is -3.66. The highest BCUT2D eigenvalue weighted by atomic mass is 32.2. The van der Waals surface area contributed by atoms with E-state index in [1.807, 2.05) is 46.3 Å². The van der Waals surface area contributed by atoms with Crippen LogP contribution in [0.25, 0.3) is 17.1 Å². The molecule has 4 aromatic rings. The average Bonchev–Trinajstić information content (AvgIpc) is 3.52. The number of amides is 1. The maximum absolute atomic E-state index is 13.5. The molecule has 13 heteroatoms. The summed E-state index contributed by atoms with van der Waals surface area (Å²) in [5, 5.41) is 21.5. The lowest BCUT2D eigenvalue weighted by Crippen LogP contribution is -2.23. The number of nitrogens with zero attached hydrogens (tertiary/aromatic N) is 5. The van der Waals surface area contributed by atoms with Crippen LogP contribution in [-0.2, 0) is 22.5 Å². The Balaban J connectivity index is 1.47. The lowest BCUT2D eigenvalue weighted by Gasteiger charge is -2.25. The monoisotopic (exact) mass is 593 g/mol. The van der Waals surface area contributed by atoms with Crippen molar-refractivity contribution >= 4 is 27.3 Å². The number of ether oxygens (including phenoxy) is 1. The van der Waals surface area contributed by atoms with Gasteiger partial charge in [-0.25, -0.2) is 18.1 Å². The second-order valence-electron chi connectivity index (χ2n) is 11.4. The molecule has 0 atom stereocenters. The lowest BCUT2D eigenvalue weighted by atomic mass is 9.85. The van der Waals surface area contributed by atoms with Crippen LogP contribution in [-0.4, -0.2) is 63.9 Å². The van der Waals surface area contributed by atoms with Gasteiger partial charge in [0, 0.05) is 23.9 Å². The molecular weight excluding hydrogens is 558 g/mol. The fourth-order valence-corrected chi connectivity index (χ4v) is 5.32. The van der Waals surface area contributed by atoms with Gasteiger partial charge in [0.15, 0.2) is 5.75 Å². The van der Waals surface area contributed by atoms with E-state index in [-0.39, 0.29) is 23.7 Å². The molecule has 1 fully saturated rings. The van der Waals surface area contributed by atoms with Crippen molar-refractivity contribution in [1.82, 2.24) is 24.5 Å². The summed E-state index contributed by atoms with van der Waals surface area (Å²) in [4.78, 5) is 18.1. The molecule has 2 heterocycles. The zero-order valence-electron chi connectivity index (χ0n) is 24.5. The van der Waals surface area contributed by atoms with Gasteiger partial charge in [0.2, 0.25) is 10.0 Å². The number of hydrogen-bond donors (Lipinski definition) is 3. The van der Waals surface area contributed by atoms with Crippen LogP contribution < -0.4 is 14.8 Å². The largest absolute Gasteiger partial charge is 0.492 e. The smallest absolute Gasteiger partial charge is 0.255 e. The number of benzene rings is 2. The van der Waals surface area contributed by atoms with Gasteiger partial charge in [-0.05, 0) is 55.2 Å². The van der Waals surface area contributed by atoms with Crippen molar-refractivity contribution in [1.29, 1.82) is 0 Å². The van der Waals surface area contributed by atoms with Crippen LogP contribution in [0.15, 0.2) is 42.7 Å². The highest BCUT2D eigenvalue weighted by Gasteiger charge is 2.29. The van der Waals surface area contributed by atoms with Crippen molar-refractivity contribution in [2.45, 2.75) is 44.9 Å². The van der Waals surface area contributed by atoms with Crippen molar-refractivity contribution < 1.29 is 23.1 Å². The summed E-state index contributed by atoms with van der Waals surface area (Å²) in [6.45, 7) is 5.33. The maximum atomic E-state index is 13.5. The van der Waals surface area contributed by atoms with Gasteiger partial charge in [-0.15, -0.1) is 5.10 Å². The van der Waals surface area contributed by atoms with Crippen LogP contribution in [0.5, 0.6) is 5.75 Å². The molecule has 222 valence electrons. The molecule has 3 N–H and O–H groups in total. The van der Waals surface area contributed by atoms with Gasteiger partial charge in [0.1, 0.15) is 11.5 Å². The number of sulfonamides is 1. The predicted molar refractivity (Wildman–Crippen MR) is 160 cm³/mol. The molecule has 1 aliphatic rings. The molecule has 2 aromatic carbocycles. The fourth-order valence-electron chi connectivity index (χ4n) is 4.77. The summed E-state index contributed by atoms with van der Waals surface area (Å²) in [5.74, 6) is 1.25.